The van der Waals surface area contributed by atoms with Gasteiger partial charge in [-0.1, -0.05) is 30.3 Å². The van der Waals surface area contributed by atoms with Crippen LogP contribution in [0.3, 0.4) is 0 Å². The number of nitrogens with two attached hydrogens (primary N) is 1. The highest BCUT2D eigenvalue weighted by Gasteiger charge is 2.72. The van der Waals surface area contributed by atoms with Gasteiger partial charge in [-0.3, -0.25) is 14.5 Å². The molecule has 2 saturated heterocycles. The molecular weight excluding hydrogens is 372 g/mol. The van der Waals surface area contributed by atoms with Crippen molar-refractivity contribution in [2.75, 3.05) is 13.2 Å². The number of imide groups is 1. The topological polar surface area (TPSA) is 93.4 Å². The molecule has 1 aromatic carbocycles. The summed E-state index contributed by atoms with van der Waals surface area (Å²) in [7, 11) is 0. The first kappa shape index (κ1) is 19.4. The Bertz CT molecular complexity index is 911. The summed E-state index contributed by atoms with van der Waals surface area (Å²) in [5.74, 6) is -1.91. The molecule has 2 N–H and O–H groups in total. The summed E-state index contributed by atoms with van der Waals surface area (Å²) in [6, 6.07) is 12.6. The van der Waals surface area contributed by atoms with Crippen molar-refractivity contribution in [2.24, 2.45) is 11.8 Å². The molecule has 0 bridgehead atoms. The SMILES string of the molecule is CCOC(=O)[C@]1(Cc2ccccc2)[NH2+][C@@H](c2ccco2)[C@H]2C(=O)N(CC)C(=O)[C@H]21. The highest BCUT2D eigenvalue weighted by molar-refractivity contribution is 6.08. The summed E-state index contributed by atoms with van der Waals surface area (Å²) in [6.45, 7) is 3.99. The van der Waals surface area contributed by atoms with Crippen LogP contribution >= 0.6 is 0 Å². The quantitative estimate of drug-likeness (QED) is 0.581. The number of esters is 1. The molecule has 1 aromatic heterocycles. The number of hydrogen-bond donors (Lipinski definition) is 1. The Morgan fingerprint density at radius 3 is 2.52 bits per heavy atom. The lowest BCUT2D eigenvalue weighted by atomic mass is 9.76. The third kappa shape index (κ3) is 2.97. The van der Waals surface area contributed by atoms with Crippen molar-refractivity contribution in [2.45, 2.75) is 31.8 Å². The van der Waals surface area contributed by atoms with E-state index in [1.807, 2.05) is 35.6 Å². The summed E-state index contributed by atoms with van der Waals surface area (Å²) >= 11 is 0. The van der Waals surface area contributed by atoms with Crippen LogP contribution in [0.5, 0.6) is 0 Å². The number of ether oxygens (including phenoxy) is 1. The van der Waals surface area contributed by atoms with Crippen LogP contribution in [0.1, 0.15) is 31.2 Å². The predicted octanol–water partition coefficient (Wildman–Crippen LogP) is 1.06. The zero-order valence-corrected chi connectivity index (χ0v) is 16.5. The minimum absolute atomic E-state index is 0.200. The van der Waals surface area contributed by atoms with E-state index in [0.29, 0.717) is 12.2 Å². The van der Waals surface area contributed by atoms with Gasteiger partial charge in [0, 0.05) is 13.0 Å². The number of nitrogens with zero attached hydrogens (tertiary/aromatic N) is 1. The molecule has 4 atom stereocenters. The summed E-state index contributed by atoms with van der Waals surface area (Å²) in [6.07, 6.45) is 1.83. The van der Waals surface area contributed by atoms with Crippen molar-refractivity contribution >= 4 is 17.8 Å². The summed E-state index contributed by atoms with van der Waals surface area (Å²) < 4.78 is 11.0. The molecule has 0 radical (unpaired) electrons. The normalized spacial score (nSPS) is 28.6. The van der Waals surface area contributed by atoms with Crippen LogP contribution in [-0.4, -0.2) is 41.4 Å². The van der Waals surface area contributed by atoms with E-state index in [9.17, 15) is 14.4 Å². The zero-order valence-electron chi connectivity index (χ0n) is 16.5. The maximum absolute atomic E-state index is 13.3. The van der Waals surface area contributed by atoms with Gasteiger partial charge in [-0.15, -0.1) is 0 Å². The molecule has 2 fully saturated rings. The Kier molecular flexibility index (Phi) is 5.00. The second-order valence-electron chi connectivity index (χ2n) is 7.56. The van der Waals surface area contributed by atoms with Gasteiger partial charge in [0.15, 0.2) is 11.8 Å². The van der Waals surface area contributed by atoms with Gasteiger partial charge in [-0.2, -0.15) is 0 Å². The second-order valence-corrected chi connectivity index (χ2v) is 7.56. The first-order valence-electron chi connectivity index (χ1n) is 9.99. The number of likely N-dealkylation sites (tertiary alicyclic amines) is 1. The molecule has 0 spiro atoms. The molecule has 2 aromatic rings. The first-order chi connectivity index (χ1) is 14.0. The van der Waals surface area contributed by atoms with Crippen LogP contribution < -0.4 is 5.32 Å². The van der Waals surface area contributed by atoms with E-state index in [0.717, 1.165) is 5.56 Å². The van der Waals surface area contributed by atoms with E-state index in [4.69, 9.17) is 9.15 Å². The number of rotatable bonds is 6. The number of fused-ring (bicyclic) bond motifs is 1. The Balaban J connectivity index is 1.85. The molecule has 152 valence electrons. The molecule has 4 rings (SSSR count). The second kappa shape index (κ2) is 7.48. The van der Waals surface area contributed by atoms with E-state index in [1.165, 1.54) is 4.90 Å². The third-order valence-electron chi connectivity index (χ3n) is 6.04. The van der Waals surface area contributed by atoms with Gasteiger partial charge in [0.1, 0.15) is 11.8 Å². The zero-order chi connectivity index (χ0) is 20.6. The van der Waals surface area contributed by atoms with Crippen molar-refractivity contribution in [3.05, 3.63) is 60.1 Å². The van der Waals surface area contributed by atoms with E-state index in [2.05, 4.69) is 0 Å². The van der Waals surface area contributed by atoms with Crippen molar-refractivity contribution in [3.8, 4) is 0 Å². The van der Waals surface area contributed by atoms with Crippen LogP contribution in [0.4, 0.5) is 0 Å². The number of carbonyl (C=O) groups is 3. The summed E-state index contributed by atoms with van der Waals surface area (Å²) in [4.78, 5) is 41.0. The van der Waals surface area contributed by atoms with Gasteiger partial charge in [-0.25, -0.2) is 4.79 Å². The van der Waals surface area contributed by atoms with Crippen molar-refractivity contribution in [1.82, 2.24) is 4.90 Å². The lowest BCUT2D eigenvalue weighted by Crippen LogP contribution is -2.98. The molecule has 3 heterocycles. The maximum atomic E-state index is 13.3. The number of quaternary nitrogens is 1. The average molecular weight is 397 g/mol. The molecule has 0 saturated carbocycles. The van der Waals surface area contributed by atoms with Gasteiger partial charge in [0.05, 0.1) is 12.9 Å². The molecule has 2 amide bonds. The minimum atomic E-state index is -1.23. The predicted molar refractivity (Wildman–Crippen MR) is 102 cm³/mol. The number of hydrogen-bond acceptors (Lipinski definition) is 5. The number of benzene rings is 1. The smallest absolute Gasteiger partial charge is 0.369 e. The van der Waals surface area contributed by atoms with Crippen molar-refractivity contribution in [3.63, 3.8) is 0 Å². The lowest BCUT2D eigenvalue weighted by molar-refractivity contribution is -0.735. The van der Waals surface area contributed by atoms with E-state index in [1.54, 1.807) is 32.2 Å². The monoisotopic (exact) mass is 397 g/mol. The Morgan fingerprint density at radius 1 is 1.14 bits per heavy atom. The molecule has 0 unspecified atom stereocenters. The summed E-state index contributed by atoms with van der Waals surface area (Å²) in [5.41, 5.74) is -0.318. The van der Waals surface area contributed by atoms with Crippen LogP contribution in [-0.2, 0) is 25.5 Å². The molecule has 2 aliphatic heterocycles. The third-order valence-corrected chi connectivity index (χ3v) is 6.04. The van der Waals surface area contributed by atoms with Crippen LogP contribution in [0.2, 0.25) is 0 Å². The molecule has 2 aliphatic rings. The Hall–Kier alpha value is -2.93. The van der Waals surface area contributed by atoms with Crippen LogP contribution in [0.15, 0.2) is 53.1 Å². The minimum Gasteiger partial charge on any atom is -0.463 e. The first-order valence-corrected chi connectivity index (χ1v) is 9.99. The van der Waals surface area contributed by atoms with Crippen molar-refractivity contribution < 1.29 is 28.9 Å². The Labute approximate surface area is 169 Å². The van der Waals surface area contributed by atoms with Crippen molar-refractivity contribution in [1.29, 1.82) is 0 Å². The highest BCUT2D eigenvalue weighted by atomic mass is 16.5. The fraction of sp³-hybridized carbons (Fsp3) is 0.409. The van der Waals surface area contributed by atoms with E-state index < -0.39 is 29.4 Å². The van der Waals surface area contributed by atoms with Gasteiger partial charge in [0.25, 0.3) is 0 Å². The number of furan rings is 1. The van der Waals surface area contributed by atoms with E-state index in [-0.39, 0.29) is 25.0 Å². The van der Waals surface area contributed by atoms with Gasteiger partial charge in [-0.05, 0) is 31.5 Å². The van der Waals surface area contributed by atoms with Crippen LogP contribution in [0.25, 0.3) is 0 Å². The van der Waals surface area contributed by atoms with Gasteiger partial charge in [0.2, 0.25) is 17.4 Å². The molecule has 7 heteroatoms. The fourth-order valence-corrected chi connectivity index (χ4v) is 4.87. The molecule has 0 aliphatic carbocycles. The molecule has 29 heavy (non-hydrogen) atoms. The lowest BCUT2D eigenvalue weighted by Gasteiger charge is -2.29. The van der Waals surface area contributed by atoms with E-state index >= 15 is 0 Å². The molecular formula is C22H25N2O5+. The largest absolute Gasteiger partial charge is 0.463 e. The average Bonchev–Trinajstić information content (AvgIpc) is 3.41. The fourth-order valence-electron chi connectivity index (χ4n) is 4.87. The number of carbonyl (C=O) groups excluding carboxylic acids is 3. The Morgan fingerprint density at radius 2 is 1.90 bits per heavy atom. The van der Waals surface area contributed by atoms with Gasteiger partial charge < -0.3 is 14.5 Å². The van der Waals surface area contributed by atoms with Crippen LogP contribution in [0, 0.1) is 11.8 Å². The number of amides is 2. The molecule has 7 nitrogen and oxygen atoms in total. The van der Waals surface area contributed by atoms with Gasteiger partial charge >= 0.3 is 5.97 Å². The standard InChI is InChI=1S/C22H24N2O5/c1-3-24-19(25)16-17(20(24)26)22(21(27)28-4-2,13-14-9-6-5-7-10-14)23-18(16)15-11-8-12-29-15/h5-12,16-18,23H,3-4,13H2,1-2H3/p+1/t16-,17-,18-,22+/m0/s1. The highest BCUT2D eigenvalue weighted by Crippen LogP contribution is 2.45. The summed E-state index contributed by atoms with van der Waals surface area (Å²) in [5, 5.41) is 1.83. The maximum Gasteiger partial charge on any atom is 0.369 e.